The standard InChI is InChI=1S/C9H5F15/c1-2-3(10,11)4(12,13)5(14,15)6(16,17)7(18,19)8(20,21)9(22,23)24/h2H2,1H3. The van der Waals surface area contributed by atoms with Crippen molar-refractivity contribution in [2.75, 3.05) is 0 Å². The maximum atomic E-state index is 12.9. The van der Waals surface area contributed by atoms with Crippen molar-refractivity contribution in [1.29, 1.82) is 0 Å². The molecule has 0 aliphatic rings. The molecule has 0 saturated carbocycles. The third kappa shape index (κ3) is 2.66. The van der Waals surface area contributed by atoms with E-state index < -0.39 is 48.1 Å². The van der Waals surface area contributed by atoms with Gasteiger partial charge >= 0.3 is 41.7 Å². The molecule has 0 rings (SSSR count). The molecule has 0 nitrogen and oxygen atoms in total. The van der Waals surface area contributed by atoms with Crippen molar-refractivity contribution >= 4 is 0 Å². The van der Waals surface area contributed by atoms with Crippen molar-refractivity contribution in [3.8, 4) is 0 Å². The molecule has 0 atom stereocenters. The molecule has 0 aliphatic heterocycles. The highest BCUT2D eigenvalue weighted by Gasteiger charge is 2.93. The van der Waals surface area contributed by atoms with E-state index in [1.54, 1.807) is 0 Å². The molecule has 24 heavy (non-hydrogen) atoms. The summed E-state index contributed by atoms with van der Waals surface area (Å²) in [4.78, 5) is 0. The van der Waals surface area contributed by atoms with E-state index in [4.69, 9.17) is 0 Å². The molecule has 0 bridgehead atoms. The van der Waals surface area contributed by atoms with Gasteiger partial charge in [-0.15, -0.1) is 0 Å². The topological polar surface area (TPSA) is 0 Å². The fourth-order valence-electron chi connectivity index (χ4n) is 1.22. The zero-order valence-electron chi connectivity index (χ0n) is 10.9. The number of alkyl halides is 15. The average Bonchev–Trinajstić information content (AvgIpc) is 2.36. The first-order valence-electron chi connectivity index (χ1n) is 5.40. The van der Waals surface area contributed by atoms with Gasteiger partial charge in [-0.3, -0.25) is 0 Å². The van der Waals surface area contributed by atoms with Crippen molar-refractivity contribution in [3.05, 3.63) is 0 Å². The summed E-state index contributed by atoms with van der Waals surface area (Å²) >= 11 is 0. The highest BCUT2D eigenvalue weighted by atomic mass is 19.4. The molecule has 0 heterocycles. The van der Waals surface area contributed by atoms with E-state index >= 15 is 0 Å². The van der Waals surface area contributed by atoms with Crippen LogP contribution in [0.2, 0.25) is 0 Å². The van der Waals surface area contributed by atoms with Gasteiger partial charge in [0.15, 0.2) is 0 Å². The minimum Gasteiger partial charge on any atom is -0.200 e. The summed E-state index contributed by atoms with van der Waals surface area (Å²) in [6, 6.07) is 0. The summed E-state index contributed by atoms with van der Waals surface area (Å²) in [6.07, 6.45) is -9.91. The summed E-state index contributed by atoms with van der Waals surface area (Å²) in [7, 11) is 0. The van der Waals surface area contributed by atoms with Gasteiger partial charge in [-0.2, -0.15) is 65.9 Å². The Bertz CT molecular complexity index is 456. The van der Waals surface area contributed by atoms with Gasteiger partial charge in [0, 0.05) is 6.42 Å². The molecule has 0 unspecified atom stereocenters. The van der Waals surface area contributed by atoms with Crippen LogP contribution >= 0.6 is 0 Å². The van der Waals surface area contributed by atoms with E-state index in [-0.39, 0.29) is 6.92 Å². The van der Waals surface area contributed by atoms with Crippen LogP contribution < -0.4 is 0 Å². The lowest BCUT2D eigenvalue weighted by Crippen LogP contribution is -2.72. The molecular formula is C9H5F15. The second-order valence-electron chi connectivity index (χ2n) is 4.43. The van der Waals surface area contributed by atoms with E-state index in [1.165, 1.54) is 0 Å². The van der Waals surface area contributed by atoms with Crippen LogP contribution in [-0.2, 0) is 0 Å². The van der Waals surface area contributed by atoms with Crippen molar-refractivity contribution in [2.45, 2.75) is 55.1 Å². The smallest absolute Gasteiger partial charge is 0.200 e. The third-order valence-electron chi connectivity index (χ3n) is 2.84. The first-order valence-corrected chi connectivity index (χ1v) is 5.40. The molecule has 0 fully saturated rings. The van der Waals surface area contributed by atoms with Crippen LogP contribution in [-0.4, -0.2) is 41.7 Å². The highest BCUT2D eigenvalue weighted by Crippen LogP contribution is 2.62. The summed E-state index contributed by atoms with van der Waals surface area (Å²) < 4.78 is 188. The van der Waals surface area contributed by atoms with Crippen LogP contribution in [0.1, 0.15) is 13.3 Å². The van der Waals surface area contributed by atoms with Crippen LogP contribution in [0.5, 0.6) is 0 Å². The van der Waals surface area contributed by atoms with Gasteiger partial charge in [-0.05, 0) is 0 Å². The van der Waals surface area contributed by atoms with Crippen LogP contribution in [0.25, 0.3) is 0 Å². The van der Waals surface area contributed by atoms with Crippen molar-refractivity contribution in [2.24, 2.45) is 0 Å². The molecule has 0 amide bonds. The zero-order valence-corrected chi connectivity index (χ0v) is 10.9. The van der Waals surface area contributed by atoms with Gasteiger partial charge in [0.2, 0.25) is 0 Å². The highest BCUT2D eigenvalue weighted by molar-refractivity contribution is 5.12. The van der Waals surface area contributed by atoms with Gasteiger partial charge in [0.05, 0.1) is 0 Å². The maximum absolute atomic E-state index is 12.9. The van der Waals surface area contributed by atoms with Gasteiger partial charge in [0.25, 0.3) is 0 Å². The van der Waals surface area contributed by atoms with E-state index in [0.717, 1.165) is 0 Å². The number of hydrogen-bond acceptors (Lipinski definition) is 0. The average molecular weight is 398 g/mol. The minimum atomic E-state index is -8.19. The molecule has 15 heteroatoms. The van der Waals surface area contributed by atoms with Crippen molar-refractivity contribution < 1.29 is 65.9 Å². The second kappa shape index (κ2) is 5.47. The lowest BCUT2D eigenvalue weighted by atomic mass is 9.90. The Morgan fingerprint density at radius 3 is 0.917 bits per heavy atom. The number of halogens is 15. The second-order valence-corrected chi connectivity index (χ2v) is 4.43. The van der Waals surface area contributed by atoms with E-state index in [9.17, 15) is 65.9 Å². The molecule has 0 spiro atoms. The Labute approximate surface area is 122 Å². The molecule has 0 aromatic heterocycles. The van der Waals surface area contributed by atoms with Crippen molar-refractivity contribution in [3.63, 3.8) is 0 Å². The predicted octanol–water partition coefficient (Wildman–Crippen LogP) is 5.77. The third-order valence-corrected chi connectivity index (χ3v) is 2.84. The molecule has 146 valence electrons. The molecular weight excluding hydrogens is 393 g/mol. The van der Waals surface area contributed by atoms with Crippen molar-refractivity contribution in [1.82, 2.24) is 0 Å². The van der Waals surface area contributed by atoms with Gasteiger partial charge < -0.3 is 0 Å². The largest absolute Gasteiger partial charge is 0.460 e. The zero-order chi connectivity index (χ0) is 20.2. The maximum Gasteiger partial charge on any atom is 0.460 e. The Balaban J connectivity index is 6.42. The first-order chi connectivity index (χ1) is 10.1. The monoisotopic (exact) mass is 398 g/mol. The molecule has 0 aliphatic carbocycles. The number of hydrogen-bond donors (Lipinski definition) is 0. The van der Waals surface area contributed by atoms with Crippen LogP contribution in [0.4, 0.5) is 65.9 Å². The predicted molar refractivity (Wildman–Crippen MR) is 46.0 cm³/mol. The lowest BCUT2D eigenvalue weighted by molar-refractivity contribution is -0.452. The lowest BCUT2D eigenvalue weighted by Gasteiger charge is -2.41. The molecule has 0 N–H and O–H groups in total. The van der Waals surface area contributed by atoms with Crippen LogP contribution in [0.15, 0.2) is 0 Å². The number of rotatable bonds is 6. The summed E-state index contributed by atoms with van der Waals surface area (Å²) in [5.41, 5.74) is 0. The SMILES string of the molecule is CCC(F)(F)C(F)(F)C(F)(F)C(F)(F)C(F)(F)C(F)(F)C(F)(F)F. The molecule has 0 saturated heterocycles. The van der Waals surface area contributed by atoms with Crippen LogP contribution in [0.3, 0.4) is 0 Å². The minimum absolute atomic E-state index is 0.0184. The molecule has 0 aromatic rings. The van der Waals surface area contributed by atoms with Gasteiger partial charge in [0.1, 0.15) is 0 Å². The summed E-state index contributed by atoms with van der Waals surface area (Å²) in [5, 5.41) is 0. The fraction of sp³-hybridized carbons (Fsp3) is 1.00. The Morgan fingerprint density at radius 1 is 0.417 bits per heavy atom. The molecule has 0 radical (unpaired) electrons. The van der Waals surface area contributed by atoms with Crippen LogP contribution in [0, 0.1) is 0 Å². The van der Waals surface area contributed by atoms with Gasteiger partial charge in [-0.25, -0.2) is 0 Å². The Kier molecular flexibility index (Phi) is 5.23. The summed E-state index contributed by atoms with van der Waals surface area (Å²) in [5.74, 6) is -45.7. The fourth-order valence-corrected chi connectivity index (χ4v) is 1.22. The van der Waals surface area contributed by atoms with E-state index in [2.05, 4.69) is 0 Å². The Morgan fingerprint density at radius 2 is 0.667 bits per heavy atom. The quantitative estimate of drug-likeness (QED) is 0.499. The first kappa shape index (κ1) is 22.9. The molecule has 0 aromatic carbocycles. The van der Waals surface area contributed by atoms with E-state index in [1.807, 2.05) is 0 Å². The normalized spacial score (nSPS) is 16.5. The van der Waals surface area contributed by atoms with E-state index in [0.29, 0.717) is 0 Å². The summed E-state index contributed by atoms with van der Waals surface area (Å²) in [6.45, 7) is 0.0184. The Hall–Kier alpha value is -1.05. The van der Waals surface area contributed by atoms with Gasteiger partial charge in [-0.1, -0.05) is 6.92 Å².